The molecule has 2 aromatic carbocycles. The summed E-state index contributed by atoms with van der Waals surface area (Å²) < 4.78 is 20.0. The van der Waals surface area contributed by atoms with Crippen molar-refractivity contribution in [3.8, 4) is 0 Å². The van der Waals surface area contributed by atoms with Crippen molar-refractivity contribution in [2.45, 2.75) is 19.6 Å². The van der Waals surface area contributed by atoms with Gasteiger partial charge in [0.1, 0.15) is 12.4 Å². The first kappa shape index (κ1) is 15.0. The summed E-state index contributed by atoms with van der Waals surface area (Å²) in [5.74, 6) is -0.287. The van der Waals surface area contributed by atoms with E-state index in [4.69, 9.17) is 4.74 Å². The van der Waals surface area contributed by atoms with Crippen molar-refractivity contribution in [3.05, 3.63) is 69.4 Å². The number of hydrogen-bond acceptors (Lipinski definition) is 2. The fourth-order valence-corrected chi connectivity index (χ4v) is 3.03. The number of rotatable bonds is 2. The molecule has 114 valence electrons. The van der Waals surface area contributed by atoms with Gasteiger partial charge < -0.3 is 9.64 Å². The third-order valence-corrected chi connectivity index (χ3v) is 4.17. The molecule has 1 amide bonds. The minimum atomic E-state index is -0.406. The Bertz CT molecular complexity index is 691. The normalized spacial score (nSPS) is 13.6. The molecule has 0 saturated carbocycles. The van der Waals surface area contributed by atoms with E-state index in [1.807, 2.05) is 36.4 Å². The number of halogens is 2. The van der Waals surface area contributed by atoms with Crippen LogP contribution in [0.3, 0.4) is 0 Å². The van der Waals surface area contributed by atoms with Gasteiger partial charge in [-0.25, -0.2) is 9.18 Å². The predicted octanol–water partition coefficient (Wildman–Crippen LogP) is 4.28. The van der Waals surface area contributed by atoms with E-state index in [0.29, 0.717) is 18.5 Å². The lowest BCUT2D eigenvalue weighted by Gasteiger charge is -2.28. The van der Waals surface area contributed by atoms with Crippen LogP contribution < -0.4 is 0 Å². The third kappa shape index (κ3) is 3.30. The van der Waals surface area contributed by atoms with Crippen LogP contribution in [-0.4, -0.2) is 17.5 Å². The molecule has 0 spiro atoms. The van der Waals surface area contributed by atoms with Crippen LogP contribution in [0.15, 0.2) is 46.9 Å². The van der Waals surface area contributed by atoms with Gasteiger partial charge in [0.05, 0.1) is 6.54 Å². The summed E-state index contributed by atoms with van der Waals surface area (Å²) in [6.07, 6.45) is 0.225. The van der Waals surface area contributed by atoms with Crippen molar-refractivity contribution in [3.63, 3.8) is 0 Å². The molecule has 22 heavy (non-hydrogen) atoms. The van der Waals surface area contributed by atoms with Crippen LogP contribution in [0.1, 0.15) is 16.7 Å². The molecule has 0 fully saturated rings. The van der Waals surface area contributed by atoms with Crippen molar-refractivity contribution in [2.75, 3.05) is 6.54 Å². The summed E-state index contributed by atoms with van der Waals surface area (Å²) in [5.41, 5.74) is 2.45. The Morgan fingerprint density at radius 2 is 2.05 bits per heavy atom. The number of amides is 1. The van der Waals surface area contributed by atoms with Gasteiger partial charge in [0.25, 0.3) is 0 Å². The van der Waals surface area contributed by atoms with Crippen LogP contribution in [-0.2, 0) is 24.3 Å². The number of benzene rings is 2. The van der Waals surface area contributed by atoms with Gasteiger partial charge >= 0.3 is 6.09 Å². The summed E-state index contributed by atoms with van der Waals surface area (Å²) in [4.78, 5) is 13.7. The summed E-state index contributed by atoms with van der Waals surface area (Å²) in [6.45, 7) is 1.02. The quantitative estimate of drug-likeness (QED) is 0.796. The zero-order chi connectivity index (χ0) is 15.5. The van der Waals surface area contributed by atoms with Crippen LogP contribution >= 0.6 is 15.9 Å². The minimum Gasteiger partial charge on any atom is -0.445 e. The van der Waals surface area contributed by atoms with Crippen LogP contribution in [0, 0.1) is 5.82 Å². The van der Waals surface area contributed by atoms with Gasteiger partial charge in [-0.1, -0.05) is 46.3 Å². The second-order valence-corrected chi connectivity index (χ2v) is 6.15. The molecular weight excluding hydrogens is 349 g/mol. The number of carbonyl (C=O) groups is 1. The summed E-state index contributed by atoms with van der Waals surface area (Å²) in [5, 5.41) is 0. The molecule has 1 heterocycles. The lowest BCUT2D eigenvalue weighted by molar-refractivity contribution is 0.0914. The van der Waals surface area contributed by atoms with Crippen LogP contribution in [0.25, 0.3) is 0 Å². The van der Waals surface area contributed by atoms with E-state index in [1.165, 1.54) is 6.07 Å². The van der Waals surface area contributed by atoms with Gasteiger partial charge in [-0.05, 0) is 29.7 Å². The van der Waals surface area contributed by atoms with Crippen molar-refractivity contribution in [1.29, 1.82) is 0 Å². The van der Waals surface area contributed by atoms with Crippen LogP contribution in [0.5, 0.6) is 0 Å². The van der Waals surface area contributed by atoms with E-state index in [-0.39, 0.29) is 19.0 Å². The van der Waals surface area contributed by atoms with Gasteiger partial charge in [0.2, 0.25) is 0 Å². The average molecular weight is 364 g/mol. The maximum absolute atomic E-state index is 14.0. The standard InChI is InChI=1S/C17H15BrFNO2/c18-14-8-13-6-7-20(10-15(13)16(19)9-14)17(21)22-11-12-4-2-1-3-5-12/h1-5,8-9H,6-7,10-11H2. The number of ether oxygens (including phenoxy) is 1. The summed E-state index contributed by atoms with van der Waals surface area (Å²) in [6, 6.07) is 12.8. The largest absolute Gasteiger partial charge is 0.445 e. The Morgan fingerprint density at radius 1 is 1.27 bits per heavy atom. The Labute approximate surface area is 136 Å². The molecule has 0 saturated heterocycles. The Balaban J connectivity index is 1.65. The van der Waals surface area contributed by atoms with E-state index < -0.39 is 6.09 Å². The van der Waals surface area contributed by atoms with Gasteiger partial charge in [0.15, 0.2) is 0 Å². The maximum Gasteiger partial charge on any atom is 0.410 e. The minimum absolute atomic E-state index is 0.228. The lowest BCUT2D eigenvalue weighted by atomic mass is 10.00. The zero-order valence-electron chi connectivity index (χ0n) is 11.9. The highest BCUT2D eigenvalue weighted by Gasteiger charge is 2.24. The van der Waals surface area contributed by atoms with Gasteiger partial charge in [0, 0.05) is 16.6 Å². The average Bonchev–Trinajstić information content (AvgIpc) is 2.53. The number of nitrogens with zero attached hydrogens (tertiary/aromatic N) is 1. The lowest BCUT2D eigenvalue weighted by Crippen LogP contribution is -2.36. The summed E-state index contributed by atoms with van der Waals surface area (Å²) >= 11 is 3.29. The van der Waals surface area contributed by atoms with Gasteiger partial charge in [-0.2, -0.15) is 0 Å². The molecule has 0 radical (unpaired) electrons. The van der Waals surface area contributed by atoms with Gasteiger partial charge in [-0.3, -0.25) is 0 Å². The van der Waals surface area contributed by atoms with Crippen LogP contribution in [0.4, 0.5) is 9.18 Å². The first-order valence-corrected chi connectivity index (χ1v) is 7.85. The number of hydrogen-bond donors (Lipinski definition) is 0. The van der Waals surface area contributed by atoms with E-state index in [1.54, 1.807) is 4.90 Å². The topological polar surface area (TPSA) is 29.5 Å². The van der Waals surface area contributed by atoms with Crippen molar-refractivity contribution in [2.24, 2.45) is 0 Å². The smallest absolute Gasteiger partial charge is 0.410 e. The fourth-order valence-electron chi connectivity index (χ4n) is 2.55. The zero-order valence-corrected chi connectivity index (χ0v) is 13.5. The molecule has 0 unspecified atom stereocenters. The molecular formula is C17H15BrFNO2. The first-order chi connectivity index (χ1) is 10.6. The second-order valence-electron chi connectivity index (χ2n) is 5.24. The molecule has 1 aliphatic rings. The molecule has 3 nitrogen and oxygen atoms in total. The highest BCUT2D eigenvalue weighted by atomic mass is 79.9. The Hall–Kier alpha value is -1.88. The maximum atomic E-state index is 14.0. The molecule has 2 aromatic rings. The second kappa shape index (κ2) is 6.48. The molecule has 0 bridgehead atoms. The molecule has 5 heteroatoms. The SMILES string of the molecule is O=C(OCc1ccccc1)N1CCc2cc(Br)cc(F)c2C1. The molecule has 0 aromatic heterocycles. The first-order valence-electron chi connectivity index (χ1n) is 7.06. The van der Waals surface area contributed by atoms with Crippen molar-refractivity contribution < 1.29 is 13.9 Å². The molecule has 0 atom stereocenters. The predicted molar refractivity (Wildman–Crippen MR) is 84.8 cm³/mol. The van der Waals surface area contributed by atoms with Gasteiger partial charge in [-0.15, -0.1) is 0 Å². The Morgan fingerprint density at radius 3 is 2.82 bits per heavy atom. The number of carbonyl (C=O) groups excluding carboxylic acids is 1. The monoisotopic (exact) mass is 363 g/mol. The summed E-state index contributed by atoms with van der Waals surface area (Å²) in [7, 11) is 0. The van der Waals surface area contributed by atoms with E-state index in [9.17, 15) is 9.18 Å². The fraction of sp³-hybridized carbons (Fsp3) is 0.235. The van der Waals surface area contributed by atoms with E-state index >= 15 is 0 Å². The highest BCUT2D eigenvalue weighted by molar-refractivity contribution is 9.10. The number of fused-ring (bicyclic) bond motifs is 1. The molecule has 0 aliphatic carbocycles. The molecule has 3 rings (SSSR count). The Kier molecular flexibility index (Phi) is 4.43. The van der Waals surface area contributed by atoms with Crippen LogP contribution in [0.2, 0.25) is 0 Å². The highest BCUT2D eigenvalue weighted by Crippen LogP contribution is 2.26. The van der Waals surface area contributed by atoms with E-state index in [2.05, 4.69) is 15.9 Å². The van der Waals surface area contributed by atoms with E-state index in [0.717, 1.165) is 15.6 Å². The van der Waals surface area contributed by atoms with Crippen molar-refractivity contribution in [1.82, 2.24) is 4.90 Å². The molecule has 0 N–H and O–H groups in total. The van der Waals surface area contributed by atoms with Crippen molar-refractivity contribution >= 4 is 22.0 Å². The third-order valence-electron chi connectivity index (χ3n) is 3.72. The molecule has 1 aliphatic heterocycles.